The van der Waals surface area contributed by atoms with Crippen LogP contribution in [0.4, 0.5) is 5.69 Å². The van der Waals surface area contributed by atoms with Gasteiger partial charge in [-0.3, -0.25) is 4.79 Å². The minimum atomic E-state index is -3.81. The third-order valence-electron chi connectivity index (χ3n) is 4.33. The van der Waals surface area contributed by atoms with Crippen molar-refractivity contribution in [2.45, 2.75) is 43.4 Å². The third kappa shape index (κ3) is 5.28. The molecule has 9 heteroatoms. The van der Waals surface area contributed by atoms with Gasteiger partial charge in [0.25, 0.3) is 0 Å². The fourth-order valence-electron chi connectivity index (χ4n) is 2.97. The molecule has 0 unspecified atom stereocenters. The van der Waals surface area contributed by atoms with Crippen molar-refractivity contribution in [1.82, 2.24) is 5.32 Å². The van der Waals surface area contributed by atoms with Crippen LogP contribution in [0.2, 0.25) is 0 Å². The molecule has 1 amide bonds. The molecule has 7 nitrogen and oxygen atoms in total. The monoisotopic (exact) mass is 402 g/mol. The number of anilines is 1. The Balaban J connectivity index is 2.22. The highest BCUT2D eigenvalue weighted by molar-refractivity contribution is 7.96. The Kier molecular flexibility index (Phi) is 6.46. The van der Waals surface area contributed by atoms with Gasteiger partial charge in [-0.1, -0.05) is 13.8 Å². The summed E-state index contributed by atoms with van der Waals surface area (Å²) in [6.45, 7) is 6.04. The average molecular weight is 403 g/mol. The van der Waals surface area contributed by atoms with Gasteiger partial charge in [0.2, 0.25) is 5.91 Å². The zero-order valence-corrected chi connectivity index (χ0v) is 16.9. The number of benzene rings is 1. The Hall–Kier alpha value is -1.45. The molecule has 1 fully saturated rings. The van der Waals surface area contributed by atoms with E-state index in [2.05, 4.69) is 24.5 Å². The van der Waals surface area contributed by atoms with E-state index in [1.165, 1.54) is 31.2 Å². The maximum absolute atomic E-state index is 13.0. The predicted molar refractivity (Wildman–Crippen MR) is 102 cm³/mol. The molecule has 2 rings (SSSR count). The van der Waals surface area contributed by atoms with Gasteiger partial charge in [-0.15, -0.1) is 0 Å². The minimum Gasteiger partial charge on any atom is -0.326 e. The number of carbonyl (C=O) groups excluding carboxylic acids is 1. The van der Waals surface area contributed by atoms with Crippen molar-refractivity contribution in [2.24, 2.45) is 5.92 Å². The van der Waals surface area contributed by atoms with Gasteiger partial charge < -0.3 is 10.6 Å². The number of nitrogens with one attached hydrogen (secondary N) is 2. The van der Waals surface area contributed by atoms with Crippen LogP contribution in [0.3, 0.4) is 0 Å². The summed E-state index contributed by atoms with van der Waals surface area (Å²) in [7, 11) is -7.22. The van der Waals surface area contributed by atoms with Crippen LogP contribution in [0.5, 0.6) is 0 Å². The number of carbonyl (C=O) groups is 1. The fourth-order valence-corrected chi connectivity index (χ4v) is 7.69. The molecule has 0 radical (unpaired) electrons. The van der Waals surface area contributed by atoms with Gasteiger partial charge >= 0.3 is 0 Å². The molecule has 1 saturated heterocycles. The van der Waals surface area contributed by atoms with Crippen LogP contribution in [0.1, 0.15) is 27.2 Å². The lowest BCUT2D eigenvalue weighted by atomic mass is 10.1. The highest BCUT2D eigenvalue weighted by atomic mass is 32.2. The Labute approximate surface area is 155 Å². The summed E-state index contributed by atoms with van der Waals surface area (Å²) in [5, 5.41) is 4.68. The van der Waals surface area contributed by atoms with Crippen LogP contribution in [0.25, 0.3) is 0 Å². The summed E-state index contributed by atoms with van der Waals surface area (Å²) in [6, 6.07) is 5.18. The molecular formula is C17H26N2O5S2. The van der Waals surface area contributed by atoms with Gasteiger partial charge in [0.1, 0.15) is 0 Å². The molecule has 146 valence electrons. The quantitative estimate of drug-likeness (QED) is 0.710. The van der Waals surface area contributed by atoms with Crippen LogP contribution >= 0.6 is 0 Å². The van der Waals surface area contributed by atoms with Crippen LogP contribution in [-0.2, 0) is 24.5 Å². The molecule has 2 N–H and O–H groups in total. The van der Waals surface area contributed by atoms with Crippen molar-refractivity contribution in [3.05, 3.63) is 24.3 Å². The van der Waals surface area contributed by atoms with Gasteiger partial charge in [-0.2, -0.15) is 0 Å². The van der Waals surface area contributed by atoms with Gasteiger partial charge in [-0.05, 0) is 43.1 Å². The maximum Gasteiger partial charge on any atom is 0.221 e. The lowest BCUT2D eigenvalue weighted by molar-refractivity contribution is -0.114. The second-order valence-corrected chi connectivity index (χ2v) is 11.4. The van der Waals surface area contributed by atoms with E-state index in [0.717, 1.165) is 6.42 Å². The van der Waals surface area contributed by atoms with Crippen LogP contribution < -0.4 is 10.6 Å². The van der Waals surface area contributed by atoms with Gasteiger partial charge in [0.05, 0.1) is 21.7 Å². The van der Waals surface area contributed by atoms with Crippen molar-refractivity contribution in [3.8, 4) is 0 Å². The minimum absolute atomic E-state index is 0.0596. The molecule has 1 aromatic rings. The molecule has 0 aliphatic carbocycles. The highest BCUT2D eigenvalue weighted by Gasteiger charge is 2.45. The number of sulfone groups is 2. The highest BCUT2D eigenvalue weighted by Crippen LogP contribution is 2.27. The van der Waals surface area contributed by atoms with E-state index in [9.17, 15) is 21.6 Å². The summed E-state index contributed by atoms with van der Waals surface area (Å²) in [5.41, 5.74) is 0.488. The first-order chi connectivity index (χ1) is 12.0. The molecule has 0 aromatic heterocycles. The molecule has 0 bridgehead atoms. The smallest absolute Gasteiger partial charge is 0.221 e. The second kappa shape index (κ2) is 8.06. The summed E-state index contributed by atoms with van der Waals surface area (Å²) >= 11 is 0. The largest absolute Gasteiger partial charge is 0.326 e. The lowest BCUT2D eigenvalue weighted by Gasteiger charge is -2.20. The molecule has 26 heavy (non-hydrogen) atoms. The average Bonchev–Trinajstić information content (AvgIpc) is 2.82. The molecule has 2 atom stereocenters. The van der Waals surface area contributed by atoms with Gasteiger partial charge in [0, 0.05) is 18.7 Å². The van der Waals surface area contributed by atoms with Crippen molar-refractivity contribution in [1.29, 1.82) is 0 Å². The Morgan fingerprint density at radius 3 is 2.35 bits per heavy atom. The number of hydrogen-bond donors (Lipinski definition) is 2. The standard InChI is InChI=1S/C17H26N2O5S2/c1-12(2)8-9-18-16-10-25(21,22)11-17(16)26(23,24)15-6-4-14(5-7-15)19-13(3)20/h4-7,12,16-18H,8-11H2,1-3H3,(H,19,20)/t16-,17-/m0/s1. The second-order valence-electron chi connectivity index (χ2n) is 7.11. The number of rotatable bonds is 7. The van der Waals surface area contributed by atoms with E-state index in [0.29, 0.717) is 18.2 Å². The van der Waals surface area contributed by atoms with Gasteiger partial charge in [0.15, 0.2) is 19.7 Å². The topological polar surface area (TPSA) is 109 Å². The van der Waals surface area contributed by atoms with E-state index in [-0.39, 0.29) is 22.3 Å². The molecule has 1 aliphatic heterocycles. The van der Waals surface area contributed by atoms with Crippen molar-refractivity contribution < 1.29 is 21.6 Å². The van der Waals surface area contributed by atoms with Crippen molar-refractivity contribution in [3.63, 3.8) is 0 Å². The first kappa shape index (κ1) is 20.9. The van der Waals surface area contributed by atoms with Crippen LogP contribution in [-0.4, -0.2) is 52.1 Å². The summed E-state index contributed by atoms with van der Waals surface area (Å²) < 4.78 is 50.0. The Morgan fingerprint density at radius 1 is 1.19 bits per heavy atom. The lowest BCUT2D eigenvalue weighted by Crippen LogP contribution is -2.43. The summed E-state index contributed by atoms with van der Waals surface area (Å²) in [6.07, 6.45) is 0.842. The number of amides is 1. The first-order valence-corrected chi connectivity index (χ1v) is 11.9. The van der Waals surface area contributed by atoms with Gasteiger partial charge in [-0.25, -0.2) is 16.8 Å². The third-order valence-corrected chi connectivity index (χ3v) is 8.50. The zero-order valence-electron chi connectivity index (χ0n) is 15.2. The molecule has 1 aromatic carbocycles. The molecular weight excluding hydrogens is 376 g/mol. The first-order valence-electron chi connectivity index (χ1n) is 8.56. The van der Waals surface area contributed by atoms with Crippen LogP contribution in [0.15, 0.2) is 29.2 Å². The predicted octanol–water partition coefficient (Wildman–Crippen LogP) is 1.22. The maximum atomic E-state index is 13.0. The van der Waals surface area contributed by atoms with Crippen LogP contribution in [0, 0.1) is 5.92 Å². The summed E-state index contributed by atoms with van der Waals surface area (Å²) in [5.74, 6) is -0.352. The van der Waals surface area contributed by atoms with E-state index in [4.69, 9.17) is 0 Å². The van der Waals surface area contributed by atoms with E-state index >= 15 is 0 Å². The van der Waals surface area contributed by atoms with Crippen molar-refractivity contribution in [2.75, 3.05) is 23.4 Å². The van der Waals surface area contributed by atoms with E-state index < -0.39 is 31.0 Å². The molecule has 0 spiro atoms. The van der Waals surface area contributed by atoms with Crippen molar-refractivity contribution >= 4 is 31.3 Å². The SMILES string of the molecule is CC(=O)Nc1ccc(S(=O)(=O)[C@H]2CS(=O)(=O)C[C@@H]2NCCC(C)C)cc1. The molecule has 0 saturated carbocycles. The summed E-state index contributed by atoms with van der Waals surface area (Å²) in [4.78, 5) is 11.1. The van der Waals surface area contributed by atoms with E-state index in [1.54, 1.807) is 0 Å². The Morgan fingerprint density at radius 2 is 1.81 bits per heavy atom. The molecule has 1 aliphatic rings. The number of hydrogen-bond acceptors (Lipinski definition) is 6. The molecule has 1 heterocycles. The fraction of sp³-hybridized carbons (Fsp3) is 0.588. The van der Waals surface area contributed by atoms with E-state index in [1.807, 2.05) is 0 Å². The normalized spacial score (nSPS) is 22.5. The Bertz CT molecular complexity index is 846. The zero-order chi connectivity index (χ0) is 19.5.